The average molecular weight is 390 g/mol. The maximum absolute atomic E-state index is 13.2. The Morgan fingerprint density at radius 2 is 2.00 bits per heavy atom. The Hall–Kier alpha value is -2.37. The van der Waals surface area contributed by atoms with E-state index >= 15 is 0 Å². The van der Waals surface area contributed by atoms with Crippen molar-refractivity contribution in [3.63, 3.8) is 0 Å². The molecule has 0 aliphatic carbocycles. The molecule has 0 saturated heterocycles. The Balaban J connectivity index is 1.71. The van der Waals surface area contributed by atoms with Crippen molar-refractivity contribution in [1.82, 2.24) is 5.32 Å². The van der Waals surface area contributed by atoms with E-state index in [-0.39, 0.29) is 24.4 Å². The van der Waals surface area contributed by atoms with Gasteiger partial charge in [0.15, 0.2) is 6.61 Å². The minimum atomic E-state index is -0.361. The number of carbonyl (C=O) groups excluding carboxylic acids is 1. The highest BCUT2D eigenvalue weighted by Gasteiger charge is 2.18. The van der Waals surface area contributed by atoms with Gasteiger partial charge < -0.3 is 10.1 Å². The fourth-order valence-electron chi connectivity index (χ4n) is 2.50. The summed E-state index contributed by atoms with van der Waals surface area (Å²) in [5.74, 6) is -0.135. The number of thiophene rings is 1. The van der Waals surface area contributed by atoms with Crippen LogP contribution in [-0.2, 0) is 4.79 Å². The smallest absolute Gasteiger partial charge is 0.258 e. The van der Waals surface area contributed by atoms with E-state index < -0.39 is 0 Å². The molecule has 0 spiro atoms. The van der Waals surface area contributed by atoms with Crippen LogP contribution in [0.25, 0.3) is 0 Å². The normalized spacial score (nSPS) is 11.8. The van der Waals surface area contributed by atoms with Gasteiger partial charge in [-0.2, -0.15) is 0 Å². The molecule has 1 amide bonds. The average Bonchev–Trinajstić information content (AvgIpc) is 3.16. The second kappa shape index (κ2) is 8.34. The van der Waals surface area contributed by atoms with Crippen LogP contribution in [0.2, 0.25) is 5.02 Å². The predicted octanol–water partition coefficient (Wildman–Crippen LogP) is 5.13. The molecule has 3 rings (SSSR count). The van der Waals surface area contributed by atoms with Crippen LogP contribution in [0, 0.1) is 12.7 Å². The van der Waals surface area contributed by atoms with E-state index in [4.69, 9.17) is 16.3 Å². The summed E-state index contributed by atoms with van der Waals surface area (Å²) in [5.41, 5.74) is 1.79. The zero-order valence-corrected chi connectivity index (χ0v) is 15.6. The molecule has 1 aromatic heterocycles. The van der Waals surface area contributed by atoms with E-state index in [2.05, 4.69) is 5.32 Å². The third-order valence-electron chi connectivity index (χ3n) is 3.78. The van der Waals surface area contributed by atoms with Gasteiger partial charge in [-0.3, -0.25) is 4.79 Å². The highest BCUT2D eigenvalue weighted by molar-refractivity contribution is 7.10. The number of amides is 1. The number of carbonyl (C=O) groups is 1. The van der Waals surface area contributed by atoms with Crippen LogP contribution in [0.5, 0.6) is 5.75 Å². The number of hydrogen-bond donors (Lipinski definition) is 1. The van der Waals surface area contributed by atoms with Gasteiger partial charge in [0.1, 0.15) is 11.6 Å². The number of ether oxygens (including phenoxy) is 1. The quantitative estimate of drug-likeness (QED) is 0.634. The summed E-state index contributed by atoms with van der Waals surface area (Å²) >= 11 is 7.61. The van der Waals surface area contributed by atoms with Gasteiger partial charge in [0.25, 0.3) is 5.91 Å². The molecule has 1 atom stereocenters. The van der Waals surface area contributed by atoms with Crippen LogP contribution in [0.15, 0.2) is 60.0 Å². The fourth-order valence-corrected chi connectivity index (χ4v) is 3.47. The summed E-state index contributed by atoms with van der Waals surface area (Å²) < 4.78 is 18.8. The summed E-state index contributed by atoms with van der Waals surface area (Å²) in [5, 5.41) is 5.33. The van der Waals surface area contributed by atoms with Gasteiger partial charge in [-0.1, -0.05) is 35.9 Å². The molecule has 0 saturated carbocycles. The molecule has 1 heterocycles. The monoisotopic (exact) mass is 389 g/mol. The predicted molar refractivity (Wildman–Crippen MR) is 102 cm³/mol. The van der Waals surface area contributed by atoms with Crippen molar-refractivity contribution in [3.8, 4) is 5.75 Å². The van der Waals surface area contributed by atoms with Gasteiger partial charge in [0.05, 0.1) is 11.1 Å². The largest absolute Gasteiger partial charge is 0.482 e. The van der Waals surface area contributed by atoms with E-state index in [1.807, 2.05) is 30.5 Å². The molecule has 3 aromatic rings. The molecule has 1 N–H and O–H groups in total. The molecule has 0 radical (unpaired) electrons. The molecule has 134 valence electrons. The zero-order valence-electron chi connectivity index (χ0n) is 14.0. The third-order valence-corrected chi connectivity index (χ3v) is 5.03. The number of benzene rings is 2. The lowest BCUT2D eigenvalue weighted by Crippen LogP contribution is -2.33. The van der Waals surface area contributed by atoms with Crippen LogP contribution in [-0.4, -0.2) is 12.5 Å². The summed E-state index contributed by atoms with van der Waals surface area (Å²) in [6.07, 6.45) is 0. The van der Waals surface area contributed by atoms with Crippen LogP contribution in [0.3, 0.4) is 0 Å². The van der Waals surface area contributed by atoms with Crippen molar-refractivity contribution in [1.29, 1.82) is 0 Å². The van der Waals surface area contributed by atoms with Gasteiger partial charge in [0, 0.05) is 4.88 Å². The minimum Gasteiger partial charge on any atom is -0.482 e. The zero-order chi connectivity index (χ0) is 18.5. The van der Waals surface area contributed by atoms with Crippen molar-refractivity contribution in [2.24, 2.45) is 0 Å². The van der Waals surface area contributed by atoms with Crippen molar-refractivity contribution in [3.05, 3.63) is 86.8 Å². The summed E-state index contributed by atoms with van der Waals surface area (Å²) in [7, 11) is 0. The minimum absolute atomic E-state index is 0.160. The Bertz CT molecular complexity index is 881. The fraction of sp³-hybridized carbons (Fsp3) is 0.150. The maximum Gasteiger partial charge on any atom is 0.258 e. The second-order valence-electron chi connectivity index (χ2n) is 5.79. The van der Waals surface area contributed by atoms with Crippen LogP contribution in [0.1, 0.15) is 22.0 Å². The van der Waals surface area contributed by atoms with Crippen molar-refractivity contribution < 1.29 is 13.9 Å². The lowest BCUT2D eigenvalue weighted by molar-refractivity contribution is -0.123. The maximum atomic E-state index is 13.2. The Morgan fingerprint density at radius 1 is 1.23 bits per heavy atom. The van der Waals surface area contributed by atoms with Gasteiger partial charge in [-0.25, -0.2) is 4.39 Å². The van der Waals surface area contributed by atoms with E-state index in [1.165, 1.54) is 23.5 Å². The molecule has 0 aliphatic rings. The molecule has 2 aromatic carbocycles. The molecule has 0 fully saturated rings. The number of rotatable bonds is 6. The summed E-state index contributed by atoms with van der Waals surface area (Å²) in [6, 6.07) is 15.0. The molecule has 6 heteroatoms. The first-order valence-corrected chi connectivity index (χ1v) is 9.26. The van der Waals surface area contributed by atoms with Gasteiger partial charge >= 0.3 is 0 Å². The first kappa shape index (κ1) is 18.4. The van der Waals surface area contributed by atoms with Crippen molar-refractivity contribution >= 4 is 28.8 Å². The van der Waals surface area contributed by atoms with E-state index in [1.54, 1.807) is 24.3 Å². The standard InChI is InChI=1S/C20H17ClFNO2S/c1-13-4-9-16(21)17(11-13)25-12-19(24)23-20(18-3-2-10-26-18)14-5-7-15(22)8-6-14/h2-11,20H,12H2,1H3,(H,23,24)/t20-/m0/s1. The number of hydrogen-bond acceptors (Lipinski definition) is 3. The highest BCUT2D eigenvalue weighted by atomic mass is 35.5. The van der Waals surface area contributed by atoms with Gasteiger partial charge in [-0.15, -0.1) is 11.3 Å². The first-order valence-electron chi connectivity index (χ1n) is 8.00. The SMILES string of the molecule is Cc1ccc(Cl)c(OCC(=O)N[C@@H](c2ccc(F)cc2)c2cccs2)c1. The van der Waals surface area contributed by atoms with Crippen molar-refractivity contribution in [2.75, 3.05) is 6.61 Å². The van der Waals surface area contributed by atoms with E-state index in [0.717, 1.165) is 16.0 Å². The number of nitrogens with one attached hydrogen (secondary N) is 1. The number of halogens is 2. The van der Waals surface area contributed by atoms with Crippen molar-refractivity contribution in [2.45, 2.75) is 13.0 Å². The molecule has 0 aliphatic heterocycles. The molecular weight excluding hydrogens is 373 g/mol. The van der Waals surface area contributed by atoms with E-state index in [0.29, 0.717) is 10.8 Å². The Labute approximate surface area is 160 Å². The molecule has 26 heavy (non-hydrogen) atoms. The molecular formula is C20H17ClFNO2S. The van der Waals surface area contributed by atoms with Crippen LogP contribution in [0.4, 0.5) is 4.39 Å². The number of aryl methyl sites for hydroxylation is 1. The molecule has 0 bridgehead atoms. The highest BCUT2D eigenvalue weighted by Crippen LogP contribution is 2.27. The van der Waals surface area contributed by atoms with Crippen LogP contribution < -0.4 is 10.1 Å². The lowest BCUT2D eigenvalue weighted by Gasteiger charge is -2.18. The molecule has 3 nitrogen and oxygen atoms in total. The Kier molecular flexibility index (Phi) is 5.91. The summed E-state index contributed by atoms with van der Waals surface area (Å²) in [4.78, 5) is 13.4. The van der Waals surface area contributed by atoms with E-state index in [9.17, 15) is 9.18 Å². The topological polar surface area (TPSA) is 38.3 Å². The Morgan fingerprint density at radius 3 is 2.69 bits per heavy atom. The third kappa shape index (κ3) is 4.62. The lowest BCUT2D eigenvalue weighted by atomic mass is 10.1. The van der Waals surface area contributed by atoms with Crippen LogP contribution >= 0.6 is 22.9 Å². The van der Waals surface area contributed by atoms with Gasteiger partial charge in [-0.05, 0) is 53.8 Å². The molecule has 0 unspecified atom stereocenters. The summed E-state index contributed by atoms with van der Waals surface area (Å²) in [6.45, 7) is 1.76. The first-order chi connectivity index (χ1) is 12.5. The second-order valence-corrected chi connectivity index (χ2v) is 7.18. The van der Waals surface area contributed by atoms with Gasteiger partial charge in [0.2, 0.25) is 0 Å².